The summed E-state index contributed by atoms with van der Waals surface area (Å²) in [5, 5.41) is 6.65. The molecule has 2 N–H and O–H groups in total. The molecule has 0 radical (unpaired) electrons. The van der Waals surface area contributed by atoms with Crippen LogP contribution in [-0.4, -0.2) is 26.2 Å². The third-order valence-electron chi connectivity index (χ3n) is 3.17. The van der Waals surface area contributed by atoms with Gasteiger partial charge in [0.1, 0.15) is 0 Å². The van der Waals surface area contributed by atoms with Crippen LogP contribution in [0.2, 0.25) is 0 Å². The molecular weight excluding hydrogens is 172 g/mol. The van der Waals surface area contributed by atoms with Crippen LogP contribution in [0.1, 0.15) is 39.5 Å². The molecule has 2 nitrogen and oxygen atoms in total. The summed E-state index contributed by atoms with van der Waals surface area (Å²) in [7, 11) is 0. The molecule has 0 aliphatic carbocycles. The van der Waals surface area contributed by atoms with Gasteiger partial charge in [0, 0.05) is 0 Å². The summed E-state index contributed by atoms with van der Waals surface area (Å²) in [5.41, 5.74) is 0. The zero-order chi connectivity index (χ0) is 10.2. The lowest BCUT2D eigenvalue weighted by atomic mass is 10.0. The van der Waals surface area contributed by atoms with Gasteiger partial charge in [-0.1, -0.05) is 13.8 Å². The van der Waals surface area contributed by atoms with Gasteiger partial charge in [0.2, 0.25) is 0 Å². The minimum Gasteiger partial charge on any atom is -0.317 e. The summed E-state index contributed by atoms with van der Waals surface area (Å²) in [6.07, 6.45) is 5.55. The lowest BCUT2D eigenvalue weighted by molar-refractivity contribution is 0.402. The van der Waals surface area contributed by atoms with Crippen molar-refractivity contribution < 1.29 is 0 Å². The highest BCUT2D eigenvalue weighted by Crippen LogP contribution is 2.08. The van der Waals surface area contributed by atoms with Crippen molar-refractivity contribution >= 4 is 0 Å². The molecule has 2 heterocycles. The van der Waals surface area contributed by atoms with Gasteiger partial charge in [-0.3, -0.25) is 0 Å². The van der Waals surface area contributed by atoms with E-state index in [1.807, 2.05) is 0 Å². The highest BCUT2D eigenvalue weighted by Gasteiger charge is 2.05. The van der Waals surface area contributed by atoms with E-state index >= 15 is 0 Å². The van der Waals surface area contributed by atoms with Gasteiger partial charge in [0.05, 0.1) is 0 Å². The highest BCUT2D eigenvalue weighted by molar-refractivity contribution is 4.63. The van der Waals surface area contributed by atoms with Gasteiger partial charge in [-0.15, -0.1) is 0 Å². The van der Waals surface area contributed by atoms with Crippen LogP contribution in [-0.2, 0) is 0 Å². The Morgan fingerprint density at radius 3 is 1.79 bits per heavy atom. The van der Waals surface area contributed by atoms with Crippen molar-refractivity contribution in [1.82, 2.24) is 10.6 Å². The summed E-state index contributed by atoms with van der Waals surface area (Å²) in [6.45, 7) is 9.57. The van der Waals surface area contributed by atoms with Gasteiger partial charge >= 0.3 is 0 Å². The van der Waals surface area contributed by atoms with Crippen LogP contribution in [0.15, 0.2) is 0 Å². The van der Waals surface area contributed by atoms with E-state index in [0.717, 1.165) is 11.8 Å². The molecule has 2 heteroatoms. The van der Waals surface area contributed by atoms with Crippen LogP contribution in [0.25, 0.3) is 0 Å². The standard InChI is InChI=1S/2C6H13N/c1-6-2-4-7-5-3-6;1-6-3-2-4-7-5-6/h2*6-7H,2-5H2,1H3. The van der Waals surface area contributed by atoms with Crippen molar-refractivity contribution in [3.05, 3.63) is 0 Å². The van der Waals surface area contributed by atoms with Gasteiger partial charge in [-0.2, -0.15) is 0 Å². The van der Waals surface area contributed by atoms with Gasteiger partial charge in [0.15, 0.2) is 0 Å². The monoisotopic (exact) mass is 198 g/mol. The Kier molecular flexibility index (Phi) is 6.20. The zero-order valence-electron chi connectivity index (χ0n) is 9.81. The van der Waals surface area contributed by atoms with Crippen LogP contribution < -0.4 is 10.6 Å². The van der Waals surface area contributed by atoms with Crippen molar-refractivity contribution in [2.45, 2.75) is 39.5 Å². The number of rotatable bonds is 0. The molecule has 0 aromatic carbocycles. The molecule has 14 heavy (non-hydrogen) atoms. The Labute approximate surface area is 88.8 Å². The summed E-state index contributed by atoms with van der Waals surface area (Å²) in [5.74, 6) is 1.90. The van der Waals surface area contributed by atoms with Crippen molar-refractivity contribution in [3.63, 3.8) is 0 Å². The molecule has 0 saturated carbocycles. The zero-order valence-corrected chi connectivity index (χ0v) is 9.81. The molecule has 0 bridgehead atoms. The second-order valence-corrected chi connectivity index (χ2v) is 4.88. The number of piperidine rings is 2. The Bertz CT molecular complexity index is 108. The van der Waals surface area contributed by atoms with Crippen molar-refractivity contribution in [3.8, 4) is 0 Å². The fourth-order valence-electron chi connectivity index (χ4n) is 1.99. The van der Waals surface area contributed by atoms with E-state index in [1.165, 1.54) is 51.9 Å². The molecule has 2 aliphatic heterocycles. The number of hydrogen-bond donors (Lipinski definition) is 2. The Hall–Kier alpha value is -0.0800. The van der Waals surface area contributed by atoms with E-state index in [4.69, 9.17) is 0 Å². The van der Waals surface area contributed by atoms with Crippen LogP contribution in [0, 0.1) is 11.8 Å². The largest absolute Gasteiger partial charge is 0.317 e. The highest BCUT2D eigenvalue weighted by atomic mass is 14.9. The summed E-state index contributed by atoms with van der Waals surface area (Å²) in [6, 6.07) is 0. The first-order chi connectivity index (χ1) is 6.79. The first-order valence-electron chi connectivity index (χ1n) is 6.20. The molecule has 84 valence electrons. The SMILES string of the molecule is CC1CCCNC1.CC1CCNCC1. The lowest BCUT2D eigenvalue weighted by Gasteiger charge is -2.17. The van der Waals surface area contributed by atoms with Gasteiger partial charge < -0.3 is 10.6 Å². The molecule has 2 saturated heterocycles. The topological polar surface area (TPSA) is 24.1 Å². The van der Waals surface area contributed by atoms with Crippen LogP contribution >= 0.6 is 0 Å². The lowest BCUT2D eigenvalue weighted by Crippen LogP contribution is -2.27. The average Bonchev–Trinajstić information content (AvgIpc) is 2.21. The smallest absolute Gasteiger partial charge is 0.00231 e. The van der Waals surface area contributed by atoms with Crippen molar-refractivity contribution in [2.75, 3.05) is 26.2 Å². The molecule has 2 rings (SSSR count). The van der Waals surface area contributed by atoms with E-state index < -0.39 is 0 Å². The Balaban J connectivity index is 0.000000140. The maximum Gasteiger partial charge on any atom is -0.00231 e. The van der Waals surface area contributed by atoms with Crippen molar-refractivity contribution in [2.24, 2.45) is 11.8 Å². The predicted octanol–water partition coefficient (Wildman–Crippen LogP) is 2.01. The number of hydrogen-bond acceptors (Lipinski definition) is 2. The van der Waals surface area contributed by atoms with Crippen LogP contribution in [0.3, 0.4) is 0 Å². The second kappa shape index (κ2) is 7.24. The maximum absolute atomic E-state index is 3.33. The normalized spacial score (nSPS) is 29.1. The maximum atomic E-state index is 3.33. The third-order valence-corrected chi connectivity index (χ3v) is 3.17. The molecule has 0 amide bonds. The van der Waals surface area contributed by atoms with E-state index in [9.17, 15) is 0 Å². The molecule has 1 unspecified atom stereocenters. The molecule has 1 atom stereocenters. The van der Waals surface area contributed by atoms with Gasteiger partial charge in [-0.25, -0.2) is 0 Å². The van der Waals surface area contributed by atoms with Crippen molar-refractivity contribution in [1.29, 1.82) is 0 Å². The quantitative estimate of drug-likeness (QED) is 0.622. The molecule has 0 aromatic rings. The molecule has 2 aliphatic rings. The van der Waals surface area contributed by atoms with Gasteiger partial charge in [-0.05, 0) is 63.7 Å². The summed E-state index contributed by atoms with van der Waals surface area (Å²) in [4.78, 5) is 0. The van der Waals surface area contributed by atoms with E-state index in [2.05, 4.69) is 24.5 Å². The fourth-order valence-corrected chi connectivity index (χ4v) is 1.99. The minimum absolute atomic E-state index is 0.925. The van der Waals surface area contributed by atoms with E-state index in [-0.39, 0.29) is 0 Å². The van der Waals surface area contributed by atoms with Gasteiger partial charge in [0.25, 0.3) is 0 Å². The number of nitrogens with one attached hydrogen (secondary N) is 2. The van der Waals surface area contributed by atoms with Crippen LogP contribution in [0.4, 0.5) is 0 Å². The molecule has 0 aromatic heterocycles. The second-order valence-electron chi connectivity index (χ2n) is 4.88. The Morgan fingerprint density at radius 2 is 1.50 bits per heavy atom. The fraction of sp³-hybridized carbons (Fsp3) is 1.00. The first-order valence-corrected chi connectivity index (χ1v) is 6.20. The molecular formula is C12H26N2. The Morgan fingerprint density at radius 1 is 0.786 bits per heavy atom. The third kappa shape index (κ3) is 5.61. The average molecular weight is 198 g/mol. The molecule has 2 fully saturated rings. The summed E-state index contributed by atoms with van der Waals surface area (Å²) >= 11 is 0. The first kappa shape index (κ1) is 12.0. The van der Waals surface area contributed by atoms with E-state index in [0.29, 0.717) is 0 Å². The predicted molar refractivity (Wildman–Crippen MR) is 62.5 cm³/mol. The van der Waals surface area contributed by atoms with Crippen LogP contribution in [0.5, 0.6) is 0 Å². The summed E-state index contributed by atoms with van der Waals surface area (Å²) < 4.78 is 0. The molecule has 0 spiro atoms. The minimum atomic E-state index is 0.925. The van der Waals surface area contributed by atoms with E-state index in [1.54, 1.807) is 0 Å².